The van der Waals surface area contributed by atoms with Gasteiger partial charge in [0.1, 0.15) is 0 Å². The molecule has 0 fully saturated rings. The fourth-order valence-electron chi connectivity index (χ4n) is 2.27. The second-order valence-corrected chi connectivity index (χ2v) is 6.52. The van der Waals surface area contributed by atoms with Gasteiger partial charge in [0.2, 0.25) is 0 Å². The van der Waals surface area contributed by atoms with E-state index in [1.54, 1.807) is 11.1 Å². The zero-order valence-corrected chi connectivity index (χ0v) is 12.9. The Bertz CT molecular complexity index is 309. The SMILES string of the molecule is CCN(CC)CCC1=C[C](C)([Ti])C(C)=C1C. The second-order valence-electron chi connectivity index (χ2n) is 4.90. The van der Waals surface area contributed by atoms with Crippen LogP contribution in [0.1, 0.15) is 41.0 Å². The summed E-state index contributed by atoms with van der Waals surface area (Å²) < 4.78 is 0.280. The zero-order valence-electron chi connectivity index (χ0n) is 11.4. The zero-order chi connectivity index (χ0) is 12.3. The number of rotatable bonds is 5. The van der Waals surface area contributed by atoms with Crippen molar-refractivity contribution in [1.29, 1.82) is 0 Å². The van der Waals surface area contributed by atoms with Crippen LogP contribution in [0.4, 0.5) is 0 Å². The number of allylic oxidation sites excluding steroid dienone is 3. The van der Waals surface area contributed by atoms with Crippen LogP contribution < -0.4 is 0 Å². The molecule has 1 aliphatic carbocycles. The Balaban J connectivity index is 2.64. The van der Waals surface area contributed by atoms with Crippen molar-refractivity contribution in [3.63, 3.8) is 0 Å². The van der Waals surface area contributed by atoms with E-state index in [4.69, 9.17) is 0 Å². The Morgan fingerprint density at radius 2 is 1.81 bits per heavy atom. The van der Waals surface area contributed by atoms with Gasteiger partial charge in [-0.15, -0.1) is 0 Å². The normalized spacial score (nSPS) is 25.4. The number of hydrogen-bond acceptors (Lipinski definition) is 1. The fraction of sp³-hybridized carbons (Fsp3) is 0.714. The predicted octanol–water partition coefficient (Wildman–Crippen LogP) is 3.72. The van der Waals surface area contributed by atoms with Crippen molar-refractivity contribution in [3.05, 3.63) is 22.8 Å². The molecule has 89 valence electrons. The summed E-state index contributed by atoms with van der Waals surface area (Å²) in [5.41, 5.74) is 4.63. The Morgan fingerprint density at radius 1 is 1.25 bits per heavy atom. The summed E-state index contributed by atoms with van der Waals surface area (Å²) in [6, 6.07) is 0. The summed E-state index contributed by atoms with van der Waals surface area (Å²) in [6.45, 7) is 14.9. The van der Waals surface area contributed by atoms with Crippen molar-refractivity contribution < 1.29 is 20.4 Å². The summed E-state index contributed by atoms with van der Waals surface area (Å²) in [6.07, 6.45) is 3.66. The first-order chi connectivity index (χ1) is 7.42. The molecule has 0 heterocycles. The average Bonchev–Trinajstić information content (AvgIpc) is 2.44. The first-order valence-corrected chi connectivity index (χ1v) is 7.07. The molecule has 0 bridgehead atoms. The van der Waals surface area contributed by atoms with E-state index in [-0.39, 0.29) is 3.72 Å². The predicted molar refractivity (Wildman–Crippen MR) is 67.2 cm³/mol. The Kier molecular flexibility index (Phi) is 5.03. The maximum atomic E-state index is 2.49. The van der Waals surface area contributed by atoms with E-state index < -0.39 is 0 Å². The van der Waals surface area contributed by atoms with Crippen molar-refractivity contribution in [2.45, 2.75) is 44.8 Å². The molecule has 0 saturated carbocycles. The molecule has 0 saturated heterocycles. The Morgan fingerprint density at radius 3 is 2.19 bits per heavy atom. The molecule has 0 spiro atoms. The van der Waals surface area contributed by atoms with Crippen LogP contribution in [0, 0.1) is 0 Å². The van der Waals surface area contributed by atoms with E-state index in [1.165, 1.54) is 18.5 Å². The van der Waals surface area contributed by atoms with Crippen molar-refractivity contribution >= 4 is 0 Å². The number of nitrogens with zero attached hydrogens (tertiary/aromatic N) is 1. The average molecular weight is 254 g/mol. The van der Waals surface area contributed by atoms with Crippen molar-refractivity contribution in [1.82, 2.24) is 4.90 Å². The first-order valence-electron chi connectivity index (χ1n) is 6.29. The van der Waals surface area contributed by atoms with Gasteiger partial charge in [0.15, 0.2) is 0 Å². The van der Waals surface area contributed by atoms with Crippen LogP contribution in [-0.4, -0.2) is 24.5 Å². The van der Waals surface area contributed by atoms with Gasteiger partial charge >= 0.3 is 113 Å². The summed E-state index contributed by atoms with van der Waals surface area (Å²) in [4.78, 5) is 2.49. The topological polar surface area (TPSA) is 3.24 Å². The second kappa shape index (κ2) is 5.66. The van der Waals surface area contributed by atoms with Crippen molar-refractivity contribution in [2.75, 3.05) is 19.6 Å². The molecule has 0 aromatic rings. The molecule has 1 unspecified atom stereocenters. The van der Waals surface area contributed by atoms with Crippen LogP contribution in [-0.2, 0) is 20.4 Å². The molecule has 0 N–H and O–H groups in total. The van der Waals surface area contributed by atoms with Crippen molar-refractivity contribution in [2.24, 2.45) is 0 Å². The van der Waals surface area contributed by atoms with Gasteiger partial charge in [0, 0.05) is 0 Å². The van der Waals surface area contributed by atoms with Gasteiger partial charge in [-0.25, -0.2) is 0 Å². The van der Waals surface area contributed by atoms with Crippen LogP contribution >= 0.6 is 0 Å². The molecule has 0 aliphatic heterocycles. The molecule has 1 rings (SSSR count). The molecule has 0 aromatic carbocycles. The minimum atomic E-state index is 0.280. The fourth-order valence-corrected chi connectivity index (χ4v) is 2.84. The first kappa shape index (κ1) is 14.2. The third-order valence-electron chi connectivity index (χ3n) is 3.88. The van der Waals surface area contributed by atoms with E-state index in [2.05, 4.69) is 66.0 Å². The van der Waals surface area contributed by atoms with Crippen LogP contribution in [0.2, 0.25) is 3.72 Å². The molecule has 0 radical (unpaired) electrons. The van der Waals surface area contributed by atoms with E-state index in [1.807, 2.05) is 0 Å². The van der Waals surface area contributed by atoms with Gasteiger partial charge < -0.3 is 0 Å². The van der Waals surface area contributed by atoms with Gasteiger partial charge in [-0.3, -0.25) is 0 Å². The van der Waals surface area contributed by atoms with Crippen LogP contribution in [0.3, 0.4) is 0 Å². The van der Waals surface area contributed by atoms with Crippen LogP contribution in [0.25, 0.3) is 0 Å². The van der Waals surface area contributed by atoms with Crippen LogP contribution in [0.15, 0.2) is 22.8 Å². The third-order valence-corrected chi connectivity index (χ3v) is 4.69. The monoisotopic (exact) mass is 254 g/mol. The van der Waals surface area contributed by atoms with E-state index >= 15 is 0 Å². The third kappa shape index (κ3) is 3.09. The summed E-state index contributed by atoms with van der Waals surface area (Å²) in [5.74, 6) is 0. The minimum absolute atomic E-state index is 0.280. The molecule has 2 heteroatoms. The molecule has 1 nitrogen and oxygen atoms in total. The van der Waals surface area contributed by atoms with E-state index in [0.29, 0.717) is 0 Å². The van der Waals surface area contributed by atoms with Gasteiger partial charge in [0.25, 0.3) is 0 Å². The van der Waals surface area contributed by atoms with Gasteiger partial charge in [-0.05, 0) is 0 Å². The molecule has 1 aliphatic rings. The maximum absolute atomic E-state index is 2.49. The van der Waals surface area contributed by atoms with Crippen molar-refractivity contribution in [3.8, 4) is 0 Å². The molecule has 0 aromatic heterocycles. The molecule has 0 amide bonds. The quantitative estimate of drug-likeness (QED) is 0.676. The summed E-state index contributed by atoms with van der Waals surface area (Å²) in [7, 11) is 0. The van der Waals surface area contributed by atoms with Gasteiger partial charge in [0.05, 0.1) is 0 Å². The Hall–Kier alpha value is 0.154. The Labute approximate surface area is 112 Å². The molecular weight excluding hydrogens is 230 g/mol. The van der Waals surface area contributed by atoms with Gasteiger partial charge in [-0.1, -0.05) is 0 Å². The van der Waals surface area contributed by atoms with Crippen LogP contribution in [0.5, 0.6) is 0 Å². The summed E-state index contributed by atoms with van der Waals surface area (Å²) in [5, 5.41) is 0. The summed E-state index contributed by atoms with van der Waals surface area (Å²) >= 11 is 2.32. The molecule has 16 heavy (non-hydrogen) atoms. The molecule has 1 atom stereocenters. The van der Waals surface area contributed by atoms with Gasteiger partial charge in [-0.2, -0.15) is 0 Å². The number of hydrogen-bond donors (Lipinski definition) is 0. The standard InChI is InChI=1S/C14H24N.Ti/c1-6-15(7-2)9-8-14-10-11(3)12(4)13(14)5;/h10H,6-9H2,1-5H3;. The molecular formula is C14H24NTi. The van der Waals surface area contributed by atoms with E-state index in [0.717, 1.165) is 13.1 Å². The van der Waals surface area contributed by atoms with E-state index in [9.17, 15) is 0 Å².